The minimum absolute atomic E-state index is 0.718. The Kier molecular flexibility index (Phi) is 4.77. The van der Waals surface area contributed by atoms with Crippen molar-refractivity contribution in [2.75, 3.05) is 0 Å². The van der Waals surface area contributed by atoms with E-state index in [1.54, 1.807) is 5.57 Å². The molecule has 0 radical (unpaired) electrons. The van der Waals surface area contributed by atoms with Gasteiger partial charge in [0.2, 0.25) is 0 Å². The third-order valence-corrected chi connectivity index (χ3v) is 5.06. The summed E-state index contributed by atoms with van der Waals surface area (Å²) in [6.07, 6.45) is 6.84. The van der Waals surface area contributed by atoms with Crippen LogP contribution in [0.1, 0.15) is 55.7 Å². The van der Waals surface area contributed by atoms with E-state index in [2.05, 4.69) is 68.4 Å². The molecule has 0 atom stereocenters. The predicted molar refractivity (Wildman–Crippen MR) is 96.7 cm³/mol. The zero-order chi connectivity index (χ0) is 15.4. The minimum Gasteiger partial charge on any atom is -0.0622 e. The van der Waals surface area contributed by atoms with E-state index in [1.807, 2.05) is 0 Å². The van der Waals surface area contributed by atoms with Crippen LogP contribution in [0.15, 0.2) is 54.6 Å². The number of allylic oxidation sites excluding steroid dienone is 2. The van der Waals surface area contributed by atoms with E-state index >= 15 is 0 Å². The van der Waals surface area contributed by atoms with Gasteiger partial charge >= 0.3 is 0 Å². The van der Waals surface area contributed by atoms with Crippen molar-refractivity contribution in [2.24, 2.45) is 5.92 Å². The fourth-order valence-electron chi connectivity index (χ4n) is 3.84. The van der Waals surface area contributed by atoms with Crippen LogP contribution in [-0.4, -0.2) is 0 Å². The van der Waals surface area contributed by atoms with Crippen LogP contribution < -0.4 is 0 Å². The van der Waals surface area contributed by atoms with Crippen molar-refractivity contribution in [1.82, 2.24) is 0 Å². The first-order valence-corrected chi connectivity index (χ1v) is 8.59. The van der Waals surface area contributed by atoms with Gasteiger partial charge < -0.3 is 0 Å². The molecular weight excluding hydrogens is 264 g/mol. The zero-order valence-corrected chi connectivity index (χ0v) is 13.8. The highest BCUT2D eigenvalue weighted by atomic mass is 14.3. The van der Waals surface area contributed by atoms with E-state index in [4.69, 9.17) is 0 Å². The number of hydrogen-bond donors (Lipinski definition) is 0. The lowest BCUT2D eigenvalue weighted by Gasteiger charge is -2.28. The van der Waals surface area contributed by atoms with Crippen molar-refractivity contribution in [1.29, 1.82) is 0 Å². The Morgan fingerprint density at radius 1 is 0.818 bits per heavy atom. The lowest BCUT2D eigenvalue weighted by molar-refractivity contribution is 0.429. The summed E-state index contributed by atoms with van der Waals surface area (Å²) in [4.78, 5) is 0. The Balaban J connectivity index is 2.12. The molecule has 0 amide bonds. The smallest absolute Gasteiger partial charge is 0.0153 e. The summed E-state index contributed by atoms with van der Waals surface area (Å²) >= 11 is 0. The molecule has 22 heavy (non-hydrogen) atoms. The Morgan fingerprint density at radius 3 is 2.14 bits per heavy atom. The van der Waals surface area contributed by atoms with Crippen molar-refractivity contribution in [3.8, 4) is 0 Å². The highest BCUT2D eigenvalue weighted by Crippen LogP contribution is 2.40. The fraction of sp³-hybridized carbons (Fsp3) is 0.364. The summed E-state index contributed by atoms with van der Waals surface area (Å²) in [5, 5.41) is 0. The molecule has 114 valence electrons. The molecular formula is C22H26. The molecule has 0 spiro atoms. The Morgan fingerprint density at radius 2 is 1.45 bits per heavy atom. The SMILES string of the molecule is C/C(=C(\c1ccccc1C)C1CCCCC1)c1ccccc1. The minimum atomic E-state index is 0.718. The average molecular weight is 290 g/mol. The van der Waals surface area contributed by atoms with Crippen molar-refractivity contribution in [3.63, 3.8) is 0 Å². The van der Waals surface area contributed by atoms with E-state index < -0.39 is 0 Å². The van der Waals surface area contributed by atoms with Gasteiger partial charge in [-0.1, -0.05) is 73.9 Å². The van der Waals surface area contributed by atoms with Crippen LogP contribution in [0.5, 0.6) is 0 Å². The topological polar surface area (TPSA) is 0 Å². The van der Waals surface area contributed by atoms with E-state index in [0.29, 0.717) is 0 Å². The molecule has 0 aliphatic heterocycles. The lowest BCUT2D eigenvalue weighted by atomic mass is 9.77. The molecule has 2 aromatic carbocycles. The van der Waals surface area contributed by atoms with Crippen LogP contribution in [0, 0.1) is 12.8 Å². The number of aryl methyl sites for hydroxylation is 1. The maximum atomic E-state index is 2.31. The Hall–Kier alpha value is -1.82. The quantitative estimate of drug-likeness (QED) is 0.565. The predicted octanol–water partition coefficient (Wildman–Crippen LogP) is 6.51. The van der Waals surface area contributed by atoms with Gasteiger partial charge in [-0.05, 0) is 60.4 Å². The highest BCUT2D eigenvalue weighted by Gasteiger charge is 2.22. The van der Waals surface area contributed by atoms with Gasteiger partial charge in [-0.25, -0.2) is 0 Å². The van der Waals surface area contributed by atoms with E-state index in [9.17, 15) is 0 Å². The van der Waals surface area contributed by atoms with E-state index in [0.717, 1.165) is 5.92 Å². The number of rotatable bonds is 3. The molecule has 0 heterocycles. The third kappa shape index (κ3) is 3.16. The van der Waals surface area contributed by atoms with Crippen LogP contribution in [0.4, 0.5) is 0 Å². The highest BCUT2D eigenvalue weighted by molar-refractivity contribution is 5.91. The number of hydrogen-bond acceptors (Lipinski definition) is 0. The normalized spacial score (nSPS) is 17.2. The van der Waals surface area contributed by atoms with E-state index in [-0.39, 0.29) is 0 Å². The molecule has 2 aromatic rings. The Bertz CT molecular complexity index is 643. The molecule has 0 heteroatoms. The molecule has 0 nitrogen and oxygen atoms in total. The lowest BCUT2D eigenvalue weighted by Crippen LogP contribution is -2.11. The first kappa shape index (κ1) is 15.1. The molecule has 1 fully saturated rings. The second kappa shape index (κ2) is 6.96. The summed E-state index contributed by atoms with van der Waals surface area (Å²) in [5.74, 6) is 0.718. The summed E-state index contributed by atoms with van der Waals surface area (Å²) in [7, 11) is 0. The standard InChI is InChI=1S/C22H26/c1-17-11-9-10-16-21(17)22(20-14-7-4-8-15-20)18(2)19-12-5-3-6-13-19/h3,5-6,9-13,16,20H,4,7-8,14-15H2,1-2H3/b22-18+. The van der Waals surface area contributed by atoms with Gasteiger partial charge in [0, 0.05) is 0 Å². The molecule has 0 N–H and O–H groups in total. The van der Waals surface area contributed by atoms with Gasteiger partial charge in [0.15, 0.2) is 0 Å². The Labute approximate surface area is 134 Å². The maximum Gasteiger partial charge on any atom is -0.0153 e. The molecule has 0 aromatic heterocycles. The largest absolute Gasteiger partial charge is 0.0622 e. The van der Waals surface area contributed by atoms with Crippen LogP contribution in [0.2, 0.25) is 0 Å². The molecule has 0 unspecified atom stereocenters. The monoisotopic (exact) mass is 290 g/mol. The zero-order valence-electron chi connectivity index (χ0n) is 13.8. The van der Waals surface area contributed by atoms with Gasteiger partial charge in [0.1, 0.15) is 0 Å². The maximum absolute atomic E-state index is 2.31. The number of benzene rings is 2. The first-order valence-electron chi connectivity index (χ1n) is 8.59. The van der Waals surface area contributed by atoms with Crippen LogP contribution in [-0.2, 0) is 0 Å². The van der Waals surface area contributed by atoms with Crippen molar-refractivity contribution in [2.45, 2.75) is 46.0 Å². The second-order valence-electron chi connectivity index (χ2n) is 6.55. The van der Waals surface area contributed by atoms with Crippen molar-refractivity contribution >= 4 is 11.1 Å². The van der Waals surface area contributed by atoms with Crippen molar-refractivity contribution < 1.29 is 0 Å². The van der Waals surface area contributed by atoms with Gasteiger partial charge in [0.25, 0.3) is 0 Å². The summed E-state index contributed by atoms with van der Waals surface area (Å²) in [6, 6.07) is 19.8. The first-order chi connectivity index (χ1) is 10.8. The van der Waals surface area contributed by atoms with E-state index in [1.165, 1.54) is 54.4 Å². The van der Waals surface area contributed by atoms with Gasteiger partial charge in [-0.3, -0.25) is 0 Å². The second-order valence-corrected chi connectivity index (χ2v) is 6.55. The molecule has 3 rings (SSSR count). The summed E-state index contributed by atoms with van der Waals surface area (Å²) in [6.45, 7) is 4.56. The van der Waals surface area contributed by atoms with Gasteiger partial charge in [-0.15, -0.1) is 0 Å². The van der Waals surface area contributed by atoms with Crippen LogP contribution in [0.3, 0.4) is 0 Å². The van der Waals surface area contributed by atoms with Crippen LogP contribution >= 0.6 is 0 Å². The fourth-order valence-corrected chi connectivity index (χ4v) is 3.84. The van der Waals surface area contributed by atoms with Crippen LogP contribution in [0.25, 0.3) is 11.1 Å². The van der Waals surface area contributed by atoms with Gasteiger partial charge in [0.05, 0.1) is 0 Å². The molecule has 1 aliphatic rings. The summed E-state index contributed by atoms with van der Waals surface area (Å²) < 4.78 is 0. The molecule has 1 aliphatic carbocycles. The molecule has 0 bridgehead atoms. The molecule has 0 saturated heterocycles. The van der Waals surface area contributed by atoms with Gasteiger partial charge in [-0.2, -0.15) is 0 Å². The average Bonchev–Trinajstić information content (AvgIpc) is 2.58. The molecule has 1 saturated carbocycles. The summed E-state index contributed by atoms with van der Waals surface area (Å²) in [5.41, 5.74) is 7.27. The third-order valence-electron chi connectivity index (χ3n) is 5.06. The van der Waals surface area contributed by atoms with Crippen molar-refractivity contribution in [3.05, 3.63) is 71.3 Å².